The van der Waals surface area contributed by atoms with E-state index in [1.165, 1.54) is 51.4 Å². The van der Waals surface area contributed by atoms with Crippen LogP contribution in [-0.4, -0.2) is 0 Å². The summed E-state index contributed by atoms with van der Waals surface area (Å²) in [6.07, 6.45) is 16.2. The van der Waals surface area contributed by atoms with Crippen LogP contribution in [0.15, 0.2) is 12.3 Å². The van der Waals surface area contributed by atoms with Gasteiger partial charge in [-0.05, 0) is 42.7 Å². The molecule has 2 radical (unpaired) electrons. The third-order valence-electron chi connectivity index (χ3n) is 4.92. The summed E-state index contributed by atoms with van der Waals surface area (Å²) >= 11 is 0. The number of hydrogen-bond acceptors (Lipinski definition) is 1. The first-order valence-corrected chi connectivity index (χ1v) is 7.13. The summed E-state index contributed by atoms with van der Waals surface area (Å²) in [5.41, 5.74) is 0. The first-order chi connectivity index (χ1) is 7.95. The van der Waals surface area contributed by atoms with Gasteiger partial charge in [-0.3, -0.25) is 0 Å². The van der Waals surface area contributed by atoms with Gasteiger partial charge in [0.2, 0.25) is 0 Å². The maximum absolute atomic E-state index is 3.55. The maximum atomic E-state index is 3.55. The maximum Gasteiger partial charge on any atom is 0.0919 e. The van der Waals surface area contributed by atoms with Crippen molar-refractivity contribution in [2.45, 2.75) is 51.4 Å². The van der Waals surface area contributed by atoms with Crippen molar-refractivity contribution in [3.63, 3.8) is 0 Å². The summed E-state index contributed by atoms with van der Waals surface area (Å²) in [5.74, 6) is 3.38. The molecule has 0 saturated heterocycles. The molecule has 1 nitrogen and oxygen atoms in total. The normalized spacial score (nSPS) is 36.8. The van der Waals surface area contributed by atoms with E-state index in [1.807, 2.05) is 0 Å². The lowest BCUT2D eigenvalue weighted by atomic mass is 9.72. The Bertz CT molecular complexity index is 246. The average Bonchev–Trinajstić information content (AvgIpc) is 3.03. The Morgan fingerprint density at radius 3 is 2.19 bits per heavy atom. The van der Waals surface area contributed by atoms with Gasteiger partial charge in [-0.1, -0.05) is 44.6 Å². The third kappa shape index (κ3) is 2.01. The van der Waals surface area contributed by atoms with Gasteiger partial charge in [0, 0.05) is 0 Å². The van der Waals surface area contributed by atoms with Gasteiger partial charge >= 0.3 is 0 Å². The molecule has 0 aromatic carbocycles. The van der Waals surface area contributed by atoms with Crippen LogP contribution in [0, 0.1) is 30.2 Å². The van der Waals surface area contributed by atoms with Gasteiger partial charge in [-0.25, -0.2) is 0 Å². The van der Waals surface area contributed by atoms with Crippen molar-refractivity contribution < 1.29 is 0 Å². The lowest BCUT2D eigenvalue weighted by molar-refractivity contribution is 0.219. The van der Waals surface area contributed by atoms with Crippen LogP contribution in [0.25, 0.3) is 0 Å². The standard InChI is InChI=1S/C15H23N/c1-2-6-12(5-1)14-9-10-16-11-15(14)13-7-3-4-8-13/h9-10,12-16H,1-8H2. The lowest BCUT2D eigenvalue weighted by Gasteiger charge is -2.35. The molecule has 0 bridgehead atoms. The van der Waals surface area contributed by atoms with Crippen molar-refractivity contribution in [3.05, 3.63) is 18.8 Å². The highest BCUT2D eigenvalue weighted by atomic mass is 14.9. The van der Waals surface area contributed by atoms with E-state index >= 15 is 0 Å². The Kier molecular flexibility index (Phi) is 3.21. The monoisotopic (exact) mass is 217 g/mol. The van der Waals surface area contributed by atoms with Gasteiger partial charge in [0.25, 0.3) is 0 Å². The molecule has 0 aromatic heterocycles. The third-order valence-corrected chi connectivity index (χ3v) is 4.92. The molecule has 1 aliphatic heterocycles. The van der Waals surface area contributed by atoms with E-state index in [0.29, 0.717) is 5.92 Å². The summed E-state index contributed by atoms with van der Waals surface area (Å²) in [5, 5.41) is 3.23. The molecule has 0 amide bonds. The summed E-state index contributed by atoms with van der Waals surface area (Å²) in [6.45, 7) is 3.55. The summed E-state index contributed by atoms with van der Waals surface area (Å²) < 4.78 is 0. The zero-order chi connectivity index (χ0) is 10.8. The molecule has 2 saturated carbocycles. The molecule has 3 rings (SSSR count). The van der Waals surface area contributed by atoms with E-state index in [0.717, 1.165) is 17.8 Å². The topological polar surface area (TPSA) is 12.0 Å². The van der Waals surface area contributed by atoms with Gasteiger partial charge < -0.3 is 5.32 Å². The Hall–Kier alpha value is -0.460. The molecule has 2 unspecified atom stereocenters. The quantitative estimate of drug-likeness (QED) is 0.742. The van der Waals surface area contributed by atoms with Crippen LogP contribution in [0.1, 0.15) is 51.4 Å². The van der Waals surface area contributed by atoms with E-state index < -0.39 is 0 Å². The van der Waals surface area contributed by atoms with Crippen LogP contribution in [0.4, 0.5) is 0 Å². The van der Waals surface area contributed by atoms with Crippen LogP contribution >= 0.6 is 0 Å². The fraction of sp³-hybridized carbons (Fsp3) is 0.800. The molecule has 1 N–H and O–H groups in total. The van der Waals surface area contributed by atoms with E-state index in [-0.39, 0.29) is 0 Å². The molecule has 2 aliphatic carbocycles. The number of hydrogen-bond donors (Lipinski definition) is 1. The zero-order valence-electron chi connectivity index (χ0n) is 10.1. The minimum absolute atomic E-state index is 0.704. The van der Waals surface area contributed by atoms with Crippen molar-refractivity contribution in [1.29, 1.82) is 0 Å². The highest BCUT2D eigenvalue weighted by Crippen LogP contribution is 2.44. The molecule has 1 heterocycles. The second kappa shape index (κ2) is 4.81. The number of allylic oxidation sites excluding steroid dienone is 1. The van der Waals surface area contributed by atoms with Gasteiger partial charge in [0.15, 0.2) is 0 Å². The largest absolute Gasteiger partial charge is 0.381 e. The molecule has 1 heteroatoms. The SMILES string of the molecule is [C]1NC=CC(C2CCCC2)C1C1CCCC1. The molecule has 2 fully saturated rings. The molecule has 0 spiro atoms. The molecular weight excluding hydrogens is 194 g/mol. The van der Waals surface area contributed by atoms with E-state index in [4.69, 9.17) is 0 Å². The number of nitrogens with one attached hydrogen (secondary N) is 1. The van der Waals surface area contributed by atoms with Gasteiger partial charge in [0.1, 0.15) is 0 Å². The van der Waals surface area contributed by atoms with Gasteiger partial charge in [-0.2, -0.15) is 0 Å². The van der Waals surface area contributed by atoms with Crippen LogP contribution < -0.4 is 5.32 Å². The smallest absolute Gasteiger partial charge is 0.0919 e. The van der Waals surface area contributed by atoms with Crippen molar-refractivity contribution in [1.82, 2.24) is 5.32 Å². The lowest BCUT2D eigenvalue weighted by Crippen LogP contribution is -2.33. The Balaban J connectivity index is 1.71. The van der Waals surface area contributed by atoms with Gasteiger partial charge in [-0.15, -0.1) is 0 Å². The summed E-state index contributed by atoms with van der Waals surface area (Å²) in [4.78, 5) is 0. The van der Waals surface area contributed by atoms with Crippen molar-refractivity contribution in [2.24, 2.45) is 23.7 Å². The second-order valence-electron chi connectivity index (χ2n) is 5.84. The minimum atomic E-state index is 0.704. The molecule has 88 valence electrons. The van der Waals surface area contributed by atoms with Crippen LogP contribution in [0.2, 0.25) is 0 Å². The fourth-order valence-electron chi connectivity index (χ4n) is 4.06. The fourth-order valence-corrected chi connectivity index (χ4v) is 4.06. The predicted octanol–water partition coefficient (Wildman–Crippen LogP) is 3.75. The van der Waals surface area contributed by atoms with Crippen LogP contribution in [0.3, 0.4) is 0 Å². The molecule has 0 aromatic rings. The highest BCUT2D eigenvalue weighted by molar-refractivity contribution is 5.06. The van der Waals surface area contributed by atoms with Gasteiger partial charge in [0.05, 0.1) is 6.54 Å². The first-order valence-electron chi connectivity index (χ1n) is 7.13. The average molecular weight is 217 g/mol. The predicted molar refractivity (Wildman–Crippen MR) is 66.4 cm³/mol. The zero-order valence-corrected chi connectivity index (χ0v) is 10.1. The van der Waals surface area contributed by atoms with E-state index in [2.05, 4.69) is 24.1 Å². The van der Waals surface area contributed by atoms with E-state index in [1.54, 1.807) is 0 Å². The molecule has 16 heavy (non-hydrogen) atoms. The molecule has 2 atom stereocenters. The van der Waals surface area contributed by atoms with Crippen LogP contribution in [0.5, 0.6) is 0 Å². The first kappa shape index (κ1) is 10.7. The summed E-state index contributed by atoms with van der Waals surface area (Å²) in [7, 11) is 0. The number of rotatable bonds is 2. The minimum Gasteiger partial charge on any atom is -0.381 e. The second-order valence-corrected chi connectivity index (χ2v) is 5.84. The Labute approximate surface area is 99.7 Å². The molecule has 3 aliphatic rings. The highest BCUT2D eigenvalue weighted by Gasteiger charge is 2.37. The van der Waals surface area contributed by atoms with Crippen LogP contribution in [-0.2, 0) is 0 Å². The molecular formula is C15H23N. The van der Waals surface area contributed by atoms with E-state index in [9.17, 15) is 0 Å². The Morgan fingerprint density at radius 1 is 0.875 bits per heavy atom. The van der Waals surface area contributed by atoms with Crippen molar-refractivity contribution in [2.75, 3.05) is 0 Å². The van der Waals surface area contributed by atoms with Crippen molar-refractivity contribution >= 4 is 0 Å². The Morgan fingerprint density at radius 2 is 1.50 bits per heavy atom. The summed E-state index contributed by atoms with van der Waals surface area (Å²) in [6, 6.07) is 0. The van der Waals surface area contributed by atoms with Crippen molar-refractivity contribution in [3.8, 4) is 0 Å².